The number of furan rings is 1. The van der Waals surface area contributed by atoms with Gasteiger partial charge in [0.05, 0.1) is 16.7 Å². The molecule has 0 bridgehead atoms. The van der Waals surface area contributed by atoms with E-state index in [9.17, 15) is 0 Å². The zero-order valence-electron chi connectivity index (χ0n) is 40.3. The molecule has 14 rings (SSSR count). The molecule has 342 valence electrons. The Kier molecular flexibility index (Phi) is 9.94. The molecule has 2 nitrogen and oxygen atoms in total. The van der Waals surface area contributed by atoms with Crippen molar-refractivity contribution in [2.24, 2.45) is 0 Å². The van der Waals surface area contributed by atoms with Gasteiger partial charge in [-0.2, -0.15) is 0 Å². The number of aromatic nitrogens is 1. The molecule has 0 aliphatic rings. The summed E-state index contributed by atoms with van der Waals surface area (Å²) in [4.78, 5) is 0. The highest BCUT2D eigenvalue weighted by Gasteiger charge is 2.24. The SMILES string of the molecule is C=Cc1c(/C=C\C)c(-c2ccc3oc4cc(-c5c6ccccc6c(-c6ccccc6)c6ccccc56)ccc4c3c2)c2ccccc2c1-n1c2ccc(-c3ccccc3)cc2c2cc(-c3ccccc3)ccc21. The lowest BCUT2D eigenvalue weighted by Crippen LogP contribution is -2.03. The number of fused-ring (bicyclic) bond motifs is 9. The standard InChI is InChI=1S/C71H47NO/c1-3-20-54-52(4-2)71(72-64-38-34-48(45-21-8-5-9-22-45)41-61(64)62-42-49(35-39-65(62)72)46-23-10-6-11-24-46)60-32-19-18-31-59(60)69(54)50-36-40-66-63(43-50)53-37-33-51(44-67(53)73-66)70-57-29-16-14-27-55(57)68(47-25-12-7-13-26-47)56-28-15-17-30-58(56)70/h3-44H,2H2,1H3/b20-3-. The third-order valence-corrected chi connectivity index (χ3v) is 15.0. The third kappa shape index (κ3) is 6.72. The molecule has 2 heteroatoms. The van der Waals surface area contributed by atoms with E-state index in [1.165, 1.54) is 76.6 Å². The minimum absolute atomic E-state index is 0.859. The highest BCUT2D eigenvalue weighted by Crippen LogP contribution is 2.48. The van der Waals surface area contributed by atoms with E-state index in [-0.39, 0.29) is 0 Å². The highest BCUT2D eigenvalue weighted by atomic mass is 16.3. The highest BCUT2D eigenvalue weighted by molar-refractivity contribution is 6.22. The second kappa shape index (κ2) is 17.1. The van der Waals surface area contributed by atoms with Gasteiger partial charge in [-0.3, -0.25) is 0 Å². The molecule has 0 saturated carbocycles. The molecular weight excluding hydrogens is 883 g/mol. The summed E-state index contributed by atoms with van der Waals surface area (Å²) in [6.45, 7) is 6.67. The molecule has 0 N–H and O–H groups in total. The molecule has 0 spiro atoms. The number of nitrogens with zero attached hydrogens (tertiary/aromatic N) is 1. The Morgan fingerprint density at radius 2 is 0.767 bits per heavy atom. The van der Waals surface area contributed by atoms with Crippen LogP contribution in [0.3, 0.4) is 0 Å². The van der Waals surface area contributed by atoms with E-state index < -0.39 is 0 Å². The van der Waals surface area contributed by atoms with Gasteiger partial charge in [-0.1, -0.05) is 213 Å². The van der Waals surface area contributed by atoms with Crippen molar-refractivity contribution in [3.8, 4) is 61.3 Å². The summed E-state index contributed by atoms with van der Waals surface area (Å²) in [5.74, 6) is 0. The van der Waals surface area contributed by atoms with Gasteiger partial charge in [-0.25, -0.2) is 0 Å². The van der Waals surface area contributed by atoms with Crippen molar-refractivity contribution in [3.05, 3.63) is 260 Å². The Morgan fingerprint density at radius 3 is 1.30 bits per heavy atom. The fourth-order valence-electron chi connectivity index (χ4n) is 11.9. The van der Waals surface area contributed by atoms with Crippen molar-refractivity contribution in [1.82, 2.24) is 4.57 Å². The van der Waals surface area contributed by atoms with Gasteiger partial charge in [0.15, 0.2) is 0 Å². The zero-order chi connectivity index (χ0) is 48.6. The van der Waals surface area contributed by atoms with Crippen LogP contribution in [0.15, 0.2) is 254 Å². The van der Waals surface area contributed by atoms with E-state index in [1.807, 2.05) is 0 Å². The van der Waals surface area contributed by atoms with Gasteiger partial charge in [-0.05, 0) is 144 Å². The van der Waals surface area contributed by atoms with Crippen molar-refractivity contribution in [2.75, 3.05) is 0 Å². The lowest BCUT2D eigenvalue weighted by atomic mass is 9.86. The summed E-state index contributed by atoms with van der Waals surface area (Å²) in [5, 5.41) is 11.8. The monoisotopic (exact) mass is 929 g/mol. The normalized spacial score (nSPS) is 11.9. The number of rotatable bonds is 8. The van der Waals surface area contributed by atoms with Gasteiger partial charge in [0, 0.05) is 32.5 Å². The molecule has 14 aromatic rings. The first-order valence-electron chi connectivity index (χ1n) is 25.1. The van der Waals surface area contributed by atoms with Crippen LogP contribution in [0.25, 0.3) is 150 Å². The summed E-state index contributed by atoms with van der Waals surface area (Å²) < 4.78 is 9.30. The quantitative estimate of drug-likeness (QED) is 0.139. The predicted octanol–water partition coefficient (Wildman–Crippen LogP) is 20.2. The van der Waals surface area contributed by atoms with Crippen LogP contribution in [-0.4, -0.2) is 4.57 Å². The molecule has 0 radical (unpaired) electrons. The molecule has 0 amide bonds. The lowest BCUT2D eigenvalue weighted by Gasteiger charge is -2.22. The van der Waals surface area contributed by atoms with Crippen molar-refractivity contribution >= 4 is 88.2 Å². The molecule has 0 saturated heterocycles. The van der Waals surface area contributed by atoms with Crippen LogP contribution in [0.5, 0.6) is 0 Å². The maximum atomic E-state index is 6.82. The van der Waals surface area contributed by atoms with E-state index in [4.69, 9.17) is 4.42 Å². The molecule has 73 heavy (non-hydrogen) atoms. The molecule has 0 aliphatic heterocycles. The average molecular weight is 930 g/mol. The molecule has 2 aromatic heterocycles. The van der Waals surface area contributed by atoms with Crippen molar-refractivity contribution < 1.29 is 4.42 Å². The van der Waals surface area contributed by atoms with Crippen molar-refractivity contribution in [3.63, 3.8) is 0 Å². The Bertz CT molecular complexity index is 4400. The van der Waals surface area contributed by atoms with Crippen LogP contribution in [0.1, 0.15) is 18.1 Å². The average Bonchev–Trinajstić information content (AvgIpc) is 4.00. The predicted molar refractivity (Wildman–Crippen MR) is 313 cm³/mol. The molecule has 12 aromatic carbocycles. The Hall–Kier alpha value is -9.50. The molecule has 0 aliphatic carbocycles. The van der Waals surface area contributed by atoms with Gasteiger partial charge >= 0.3 is 0 Å². The largest absolute Gasteiger partial charge is 0.456 e. The van der Waals surface area contributed by atoms with Crippen LogP contribution in [0, 0.1) is 0 Å². The summed E-state index contributed by atoms with van der Waals surface area (Å²) >= 11 is 0. The Morgan fingerprint density at radius 1 is 0.329 bits per heavy atom. The second-order valence-corrected chi connectivity index (χ2v) is 19.1. The Labute approximate surface area is 423 Å². The van der Waals surface area contributed by atoms with Crippen molar-refractivity contribution in [1.29, 1.82) is 0 Å². The molecule has 0 fully saturated rings. The number of allylic oxidation sites excluding steroid dienone is 1. The first-order chi connectivity index (χ1) is 36.1. The van der Waals surface area contributed by atoms with Crippen LogP contribution >= 0.6 is 0 Å². The summed E-state index contributed by atoms with van der Waals surface area (Å²) in [6, 6.07) is 86.1. The van der Waals surface area contributed by atoms with E-state index in [0.29, 0.717) is 0 Å². The molecule has 0 unspecified atom stereocenters. The molecule has 2 heterocycles. The Balaban J connectivity index is 0.970. The zero-order valence-corrected chi connectivity index (χ0v) is 40.3. The lowest BCUT2D eigenvalue weighted by molar-refractivity contribution is 0.669. The van der Waals surface area contributed by atoms with Crippen LogP contribution < -0.4 is 0 Å². The first kappa shape index (κ1) is 42.4. The van der Waals surface area contributed by atoms with Gasteiger partial charge in [0.1, 0.15) is 11.2 Å². The summed E-state index contributed by atoms with van der Waals surface area (Å²) in [7, 11) is 0. The molecule has 0 atom stereocenters. The van der Waals surface area contributed by atoms with E-state index in [0.717, 1.165) is 71.9 Å². The minimum Gasteiger partial charge on any atom is -0.456 e. The van der Waals surface area contributed by atoms with E-state index >= 15 is 0 Å². The maximum absolute atomic E-state index is 6.82. The second-order valence-electron chi connectivity index (χ2n) is 19.1. The van der Waals surface area contributed by atoms with Gasteiger partial charge < -0.3 is 8.98 Å². The van der Waals surface area contributed by atoms with Gasteiger partial charge in [0.25, 0.3) is 0 Å². The van der Waals surface area contributed by atoms with E-state index in [2.05, 4.69) is 273 Å². The van der Waals surface area contributed by atoms with Crippen LogP contribution in [0.2, 0.25) is 0 Å². The summed E-state index contributed by atoms with van der Waals surface area (Å²) in [6.07, 6.45) is 6.47. The fourth-order valence-corrected chi connectivity index (χ4v) is 11.9. The topological polar surface area (TPSA) is 18.1 Å². The van der Waals surface area contributed by atoms with Crippen molar-refractivity contribution in [2.45, 2.75) is 6.92 Å². The third-order valence-electron chi connectivity index (χ3n) is 15.0. The smallest absolute Gasteiger partial charge is 0.136 e. The van der Waals surface area contributed by atoms with E-state index in [1.54, 1.807) is 0 Å². The number of hydrogen-bond acceptors (Lipinski definition) is 1. The number of hydrogen-bond donors (Lipinski definition) is 0. The van der Waals surface area contributed by atoms with Gasteiger partial charge in [0.2, 0.25) is 0 Å². The van der Waals surface area contributed by atoms with Gasteiger partial charge in [-0.15, -0.1) is 0 Å². The van der Waals surface area contributed by atoms with Crippen LogP contribution in [0.4, 0.5) is 0 Å². The molecular formula is C71H47NO. The summed E-state index contributed by atoms with van der Waals surface area (Å²) in [5.41, 5.74) is 19.2. The fraction of sp³-hybridized carbons (Fsp3) is 0.0141. The van der Waals surface area contributed by atoms with Crippen LogP contribution in [-0.2, 0) is 0 Å². The maximum Gasteiger partial charge on any atom is 0.136 e. The first-order valence-corrected chi connectivity index (χ1v) is 25.1. The minimum atomic E-state index is 0.859. The number of benzene rings is 12.